The molecule has 0 bridgehead atoms. The summed E-state index contributed by atoms with van der Waals surface area (Å²) in [5.74, 6) is 0.0812. The van der Waals surface area contributed by atoms with E-state index in [1.165, 1.54) is 71.7 Å². The van der Waals surface area contributed by atoms with Gasteiger partial charge in [-0.15, -0.1) is 0 Å². The van der Waals surface area contributed by atoms with E-state index in [1.54, 1.807) is 0 Å². The maximum Gasteiger partial charge on any atom is 0.0541 e. The van der Waals surface area contributed by atoms with Gasteiger partial charge in [-0.2, -0.15) is 0 Å². The van der Waals surface area contributed by atoms with Crippen molar-refractivity contribution in [2.75, 3.05) is 0 Å². The number of para-hydroxylation sites is 4. The lowest BCUT2D eigenvalue weighted by Gasteiger charge is -2.20. The Morgan fingerprint density at radius 1 is 0.289 bits per heavy atom. The summed E-state index contributed by atoms with van der Waals surface area (Å²) in [4.78, 5) is 0. The van der Waals surface area contributed by atoms with E-state index >= 15 is 0 Å². The lowest BCUT2D eigenvalue weighted by Crippen LogP contribution is -2.04. The van der Waals surface area contributed by atoms with E-state index < -0.39 is 0 Å². The third-order valence-electron chi connectivity index (χ3n) is 9.22. The van der Waals surface area contributed by atoms with Crippen molar-refractivity contribution < 1.29 is 0 Å². The molecule has 2 nitrogen and oxygen atoms in total. The molecule has 7 aromatic carbocycles. The number of benzene rings is 7. The Morgan fingerprint density at radius 2 is 0.667 bits per heavy atom. The average molecular weight is 575 g/mol. The Hall–Kier alpha value is -5.86. The second-order valence-corrected chi connectivity index (χ2v) is 11.8. The molecule has 2 aromatic heterocycles. The molecule has 0 N–H and O–H groups in total. The van der Waals surface area contributed by atoms with Crippen LogP contribution in [0.5, 0.6) is 0 Å². The smallest absolute Gasteiger partial charge is 0.0541 e. The second-order valence-electron chi connectivity index (χ2n) is 11.8. The van der Waals surface area contributed by atoms with Crippen LogP contribution in [0.2, 0.25) is 0 Å². The first-order valence-corrected chi connectivity index (χ1v) is 15.6. The monoisotopic (exact) mass is 574 g/mol. The van der Waals surface area contributed by atoms with Crippen molar-refractivity contribution in [2.24, 2.45) is 0 Å². The zero-order chi connectivity index (χ0) is 29.7. The predicted octanol–water partition coefficient (Wildman–Crippen LogP) is 11.1. The maximum absolute atomic E-state index is 2.42. The molecule has 212 valence electrons. The molecule has 0 aliphatic rings. The molecule has 2 heteroatoms. The van der Waals surface area contributed by atoms with Gasteiger partial charge in [0.1, 0.15) is 0 Å². The number of nitrogens with zero attached hydrogens (tertiary/aromatic N) is 2. The van der Waals surface area contributed by atoms with Crippen LogP contribution in [-0.2, 0) is 0 Å². The Balaban J connectivity index is 1.28. The molecule has 45 heavy (non-hydrogen) atoms. The molecule has 9 rings (SSSR count). The Labute approximate surface area is 262 Å². The van der Waals surface area contributed by atoms with Crippen LogP contribution in [0.3, 0.4) is 0 Å². The van der Waals surface area contributed by atoms with Gasteiger partial charge < -0.3 is 9.13 Å². The van der Waals surface area contributed by atoms with E-state index in [-0.39, 0.29) is 5.92 Å². The van der Waals surface area contributed by atoms with E-state index in [0.717, 1.165) is 0 Å². The van der Waals surface area contributed by atoms with Gasteiger partial charge in [0.05, 0.1) is 22.1 Å². The fourth-order valence-electron chi connectivity index (χ4n) is 7.27. The minimum absolute atomic E-state index is 0.0812. The average Bonchev–Trinajstić information content (AvgIpc) is 3.62. The molecule has 0 fully saturated rings. The van der Waals surface area contributed by atoms with E-state index in [1.807, 2.05) is 0 Å². The Bertz CT molecular complexity index is 2310. The first-order chi connectivity index (χ1) is 22.3. The van der Waals surface area contributed by atoms with Crippen LogP contribution in [0.15, 0.2) is 176 Å². The van der Waals surface area contributed by atoms with Gasteiger partial charge in [0, 0.05) is 38.8 Å². The highest BCUT2D eigenvalue weighted by atomic mass is 15.0. The van der Waals surface area contributed by atoms with Gasteiger partial charge in [-0.05, 0) is 77.4 Å². The molecule has 0 saturated heterocycles. The van der Waals surface area contributed by atoms with Crippen LogP contribution in [0.1, 0.15) is 22.6 Å². The standard InChI is InChI=1S/C43H30N2/c1-4-14-30(15-5-1)43(31-24-26-41-37(28-31)35-20-10-12-22-39(35)44(41)33-16-6-2-7-17-33)32-25-27-42-38(29-32)36-21-11-13-23-40(36)45(42)34-18-8-3-9-19-34/h1-29,43H. The van der Waals surface area contributed by atoms with Crippen LogP contribution in [0.4, 0.5) is 0 Å². The van der Waals surface area contributed by atoms with Crippen molar-refractivity contribution in [3.8, 4) is 11.4 Å². The summed E-state index contributed by atoms with van der Waals surface area (Å²) in [7, 11) is 0. The van der Waals surface area contributed by atoms with Crippen molar-refractivity contribution >= 4 is 43.6 Å². The topological polar surface area (TPSA) is 9.86 Å². The molecular weight excluding hydrogens is 544 g/mol. The maximum atomic E-state index is 2.42. The second kappa shape index (κ2) is 10.4. The molecule has 9 aromatic rings. The van der Waals surface area contributed by atoms with Crippen LogP contribution < -0.4 is 0 Å². The number of fused-ring (bicyclic) bond motifs is 6. The SMILES string of the molecule is c1ccc(C(c2ccc3c(c2)c2ccccc2n3-c2ccccc2)c2ccc3c(c2)c2ccccc2n3-c2ccccc2)cc1. The van der Waals surface area contributed by atoms with E-state index in [2.05, 4.69) is 185 Å². The van der Waals surface area contributed by atoms with Crippen molar-refractivity contribution in [1.29, 1.82) is 0 Å². The number of hydrogen-bond acceptors (Lipinski definition) is 0. The van der Waals surface area contributed by atoms with E-state index in [4.69, 9.17) is 0 Å². The highest BCUT2D eigenvalue weighted by Crippen LogP contribution is 2.40. The van der Waals surface area contributed by atoms with Crippen molar-refractivity contribution in [3.63, 3.8) is 0 Å². The summed E-state index contributed by atoms with van der Waals surface area (Å²) in [5.41, 5.74) is 11.1. The third-order valence-corrected chi connectivity index (χ3v) is 9.22. The molecule has 0 saturated carbocycles. The zero-order valence-corrected chi connectivity index (χ0v) is 24.7. The minimum Gasteiger partial charge on any atom is -0.309 e. The van der Waals surface area contributed by atoms with Gasteiger partial charge in [-0.25, -0.2) is 0 Å². The summed E-state index contributed by atoms with van der Waals surface area (Å²) in [6.07, 6.45) is 0. The lowest BCUT2D eigenvalue weighted by molar-refractivity contribution is 0.982. The van der Waals surface area contributed by atoms with Gasteiger partial charge >= 0.3 is 0 Å². The van der Waals surface area contributed by atoms with E-state index in [0.29, 0.717) is 0 Å². The molecular formula is C43H30N2. The van der Waals surface area contributed by atoms with Crippen LogP contribution in [0.25, 0.3) is 55.0 Å². The van der Waals surface area contributed by atoms with Crippen molar-refractivity contribution in [3.05, 3.63) is 193 Å². The number of rotatable bonds is 5. The van der Waals surface area contributed by atoms with Gasteiger partial charge in [-0.1, -0.05) is 115 Å². The molecule has 0 spiro atoms. The van der Waals surface area contributed by atoms with E-state index in [9.17, 15) is 0 Å². The molecule has 0 unspecified atom stereocenters. The summed E-state index contributed by atoms with van der Waals surface area (Å²) in [6.45, 7) is 0. The zero-order valence-electron chi connectivity index (χ0n) is 24.7. The van der Waals surface area contributed by atoms with Crippen LogP contribution in [-0.4, -0.2) is 9.13 Å². The summed E-state index contributed by atoms with van der Waals surface area (Å²) in [5, 5.41) is 5.09. The minimum atomic E-state index is 0.0812. The van der Waals surface area contributed by atoms with Gasteiger partial charge in [-0.3, -0.25) is 0 Å². The summed E-state index contributed by atoms with van der Waals surface area (Å²) >= 11 is 0. The fourth-order valence-corrected chi connectivity index (χ4v) is 7.27. The number of hydrogen-bond donors (Lipinski definition) is 0. The molecule has 0 atom stereocenters. The summed E-state index contributed by atoms with van der Waals surface area (Å²) in [6, 6.07) is 64.0. The fraction of sp³-hybridized carbons (Fsp3) is 0.0233. The first-order valence-electron chi connectivity index (χ1n) is 15.6. The van der Waals surface area contributed by atoms with Gasteiger partial charge in [0.2, 0.25) is 0 Å². The van der Waals surface area contributed by atoms with Crippen molar-refractivity contribution in [2.45, 2.75) is 5.92 Å². The van der Waals surface area contributed by atoms with Crippen molar-refractivity contribution in [1.82, 2.24) is 9.13 Å². The van der Waals surface area contributed by atoms with Crippen LogP contribution >= 0.6 is 0 Å². The third kappa shape index (κ3) is 4.11. The van der Waals surface area contributed by atoms with Gasteiger partial charge in [0.25, 0.3) is 0 Å². The summed E-state index contributed by atoms with van der Waals surface area (Å²) < 4.78 is 4.77. The highest BCUT2D eigenvalue weighted by Gasteiger charge is 2.21. The molecule has 0 amide bonds. The molecule has 0 radical (unpaired) electrons. The lowest BCUT2D eigenvalue weighted by atomic mass is 9.84. The number of aromatic nitrogens is 2. The molecule has 0 aliphatic heterocycles. The normalized spacial score (nSPS) is 11.8. The largest absolute Gasteiger partial charge is 0.309 e. The first kappa shape index (κ1) is 25.6. The van der Waals surface area contributed by atoms with Gasteiger partial charge in [0.15, 0.2) is 0 Å². The molecule has 2 heterocycles. The molecule has 0 aliphatic carbocycles. The Kier molecular flexibility index (Phi) is 5.92. The quantitative estimate of drug-likeness (QED) is 0.181. The van der Waals surface area contributed by atoms with Crippen LogP contribution in [0, 0.1) is 0 Å². The highest BCUT2D eigenvalue weighted by molar-refractivity contribution is 6.10. The Morgan fingerprint density at radius 3 is 1.13 bits per heavy atom. The predicted molar refractivity (Wildman–Crippen MR) is 189 cm³/mol.